The highest BCUT2D eigenvalue weighted by Gasteiger charge is 2.30. The molecular formula is C10H10N4O3S2. The molecule has 0 radical (unpaired) electrons. The van der Waals surface area contributed by atoms with E-state index in [1.165, 1.54) is 0 Å². The van der Waals surface area contributed by atoms with E-state index < -0.39 is 16.1 Å². The van der Waals surface area contributed by atoms with Crippen LogP contribution in [0.5, 0.6) is 5.75 Å². The second-order valence-electron chi connectivity index (χ2n) is 3.93. The fourth-order valence-corrected chi connectivity index (χ4v) is 3.83. The van der Waals surface area contributed by atoms with Crippen molar-refractivity contribution in [3.8, 4) is 5.75 Å². The Labute approximate surface area is 113 Å². The van der Waals surface area contributed by atoms with Gasteiger partial charge in [0.1, 0.15) is 12.4 Å². The smallest absolute Gasteiger partial charge is 0.270 e. The average Bonchev–Trinajstić information content (AvgIpc) is 2.97. The fraction of sp³-hybridized carbons (Fsp3) is 0.200. The number of sulfonamides is 1. The highest BCUT2D eigenvalue weighted by molar-refractivity contribution is 7.91. The first-order valence-electron chi connectivity index (χ1n) is 5.39. The van der Waals surface area contributed by atoms with Crippen molar-refractivity contribution < 1.29 is 13.2 Å². The maximum Gasteiger partial charge on any atom is 0.270 e. The quantitative estimate of drug-likeness (QED) is 0.856. The Morgan fingerprint density at radius 1 is 1.37 bits per heavy atom. The van der Waals surface area contributed by atoms with E-state index in [4.69, 9.17) is 10.5 Å². The molecule has 0 fully saturated rings. The van der Waals surface area contributed by atoms with E-state index in [1.54, 1.807) is 6.07 Å². The van der Waals surface area contributed by atoms with Crippen LogP contribution in [-0.2, 0) is 10.0 Å². The minimum Gasteiger partial charge on any atom is -0.491 e. The Morgan fingerprint density at radius 2 is 2.16 bits per heavy atom. The number of nitrogens with one attached hydrogen (secondary N) is 1. The number of fused-ring (bicyclic) bond motifs is 1. The molecule has 100 valence electrons. The van der Waals surface area contributed by atoms with Gasteiger partial charge in [0.15, 0.2) is 0 Å². The standard InChI is InChI=1S/C10H10N4O3S2/c11-9-12-13-10(18-9)19(15,16)14-7-5-17-8-4-2-1-3-6(7)8/h1-4,7,14H,5H2,(H2,11,12). The first-order valence-corrected chi connectivity index (χ1v) is 7.69. The van der Waals surface area contributed by atoms with Crippen LogP contribution in [0.25, 0.3) is 0 Å². The lowest BCUT2D eigenvalue weighted by atomic mass is 10.1. The number of aromatic nitrogens is 2. The zero-order valence-corrected chi connectivity index (χ0v) is 11.2. The van der Waals surface area contributed by atoms with Crippen molar-refractivity contribution in [3.63, 3.8) is 0 Å². The van der Waals surface area contributed by atoms with Gasteiger partial charge in [0.2, 0.25) is 9.47 Å². The van der Waals surface area contributed by atoms with E-state index in [9.17, 15) is 8.42 Å². The number of nitrogens with two attached hydrogens (primary N) is 1. The fourth-order valence-electron chi connectivity index (χ4n) is 1.83. The molecule has 0 spiro atoms. The van der Waals surface area contributed by atoms with Gasteiger partial charge in [-0.2, -0.15) is 4.72 Å². The summed E-state index contributed by atoms with van der Waals surface area (Å²) in [6.45, 7) is 0.257. The van der Waals surface area contributed by atoms with Crippen molar-refractivity contribution in [1.29, 1.82) is 0 Å². The Balaban J connectivity index is 1.87. The summed E-state index contributed by atoms with van der Waals surface area (Å²) in [5, 5.41) is 7.15. The Kier molecular flexibility index (Phi) is 2.88. The predicted molar refractivity (Wildman–Crippen MR) is 69.3 cm³/mol. The first kappa shape index (κ1) is 12.3. The molecule has 1 atom stereocenters. The summed E-state index contributed by atoms with van der Waals surface area (Å²) in [6, 6.07) is 6.86. The minimum absolute atomic E-state index is 0.114. The molecule has 2 aromatic rings. The molecule has 3 N–H and O–H groups in total. The molecular weight excluding hydrogens is 288 g/mol. The largest absolute Gasteiger partial charge is 0.491 e. The van der Waals surface area contributed by atoms with Crippen molar-refractivity contribution >= 4 is 26.5 Å². The lowest BCUT2D eigenvalue weighted by molar-refractivity contribution is 0.325. The zero-order chi connectivity index (χ0) is 13.5. The maximum atomic E-state index is 12.1. The van der Waals surface area contributed by atoms with Gasteiger partial charge in [-0.3, -0.25) is 0 Å². The second kappa shape index (κ2) is 4.44. The van der Waals surface area contributed by atoms with Crippen LogP contribution < -0.4 is 15.2 Å². The number of ether oxygens (including phenoxy) is 1. The summed E-state index contributed by atoms with van der Waals surface area (Å²) in [5.41, 5.74) is 6.20. The number of rotatable bonds is 3. The maximum absolute atomic E-state index is 12.1. The Hall–Kier alpha value is -1.71. The molecule has 3 rings (SSSR count). The van der Waals surface area contributed by atoms with E-state index in [0.717, 1.165) is 16.9 Å². The molecule has 1 unspecified atom stereocenters. The number of hydrogen-bond donors (Lipinski definition) is 2. The summed E-state index contributed by atoms with van der Waals surface area (Å²) in [7, 11) is -3.73. The average molecular weight is 298 g/mol. The highest BCUT2D eigenvalue weighted by atomic mass is 32.2. The molecule has 9 heteroatoms. The lowest BCUT2D eigenvalue weighted by Crippen LogP contribution is -2.29. The number of benzene rings is 1. The molecule has 7 nitrogen and oxygen atoms in total. The highest BCUT2D eigenvalue weighted by Crippen LogP contribution is 2.32. The molecule has 19 heavy (non-hydrogen) atoms. The molecule has 0 saturated carbocycles. The number of nitrogens with zero attached hydrogens (tertiary/aromatic N) is 2. The van der Waals surface area contributed by atoms with Gasteiger partial charge in [-0.25, -0.2) is 8.42 Å². The van der Waals surface area contributed by atoms with Crippen molar-refractivity contribution in [1.82, 2.24) is 14.9 Å². The molecule has 1 aromatic heterocycles. The van der Waals surface area contributed by atoms with Crippen molar-refractivity contribution in [3.05, 3.63) is 29.8 Å². The monoisotopic (exact) mass is 298 g/mol. The Bertz CT molecular complexity index is 713. The predicted octanol–water partition coefficient (Wildman–Crippen LogP) is 0.532. The zero-order valence-electron chi connectivity index (χ0n) is 9.61. The van der Waals surface area contributed by atoms with Crippen LogP contribution >= 0.6 is 11.3 Å². The minimum atomic E-state index is -3.73. The molecule has 0 bridgehead atoms. The number of hydrogen-bond acceptors (Lipinski definition) is 7. The van der Waals surface area contributed by atoms with Crippen LogP contribution in [0.4, 0.5) is 5.13 Å². The molecule has 0 amide bonds. The van der Waals surface area contributed by atoms with Crippen molar-refractivity contribution in [2.75, 3.05) is 12.3 Å². The van der Waals surface area contributed by atoms with Gasteiger partial charge in [-0.15, -0.1) is 10.2 Å². The second-order valence-corrected chi connectivity index (χ2v) is 6.83. The molecule has 0 saturated heterocycles. The normalized spacial score (nSPS) is 18.0. The summed E-state index contributed by atoms with van der Waals surface area (Å²) < 4.78 is 32.0. The molecule has 0 aliphatic carbocycles. The van der Waals surface area contributed by atoms with E-state index in [0.29, 0.717) is 5.75 Å². The van der Waals surface area contributed by atoms with Crippen LogP contribution in [0, 0.1) is 0 Å². The van der Waals surface area contributed by atoms with Crippen LogP contribution in [0.1, 0.15) is 11.6 Å². The topological polar surface area (TPSA) is 107 Å². The van der Waals surface area contributed by atoms with E-state index in [2.05, 4.69) is 14.9 Å². The van der Waals surface area contributed by atoms with Crippen LogP contribution in [0.3, 0.4) is 0 Å². The van der Waals surface area contributed by atoms with E-state index >= 15 is 0 Å². The van der Waals surface area contributed by atoms with Crippen molar-refractivity contribution in [2.45, 2.75) is 10.4 Å². The summed E-state index contributed by atoms with van der Waals surface area (Å²) >= 11 is 0.824. The van der Waals surface area contributed by atoms with Gasteiger partial charge in [0, 0.05) is 5.56 Å². The lowest BCUT2D eigenvalue weighted by Gasteiger charge is -2.09. The third-order valence-electron chi connectivity index (χ3n) is 2.65. The molecule has 2 heterocycles. The van der Waals surface area contributed by atoms with Gasteiger partial charge in [0.25, 0.3) is 10.0 Å². The number of anilines is 1. The van der Waals surface area contributed by atoms with Gasteiger partial charge < -0.3 is 10.5 Å². The number of nitrogen functional groups attached to an aromatic ring is 1. The first-order chi connectivity index (χ1) is 9.06. The number of para-hydroxylation sites is 1. The van der Waals surface area contributed by atoms with Crippen LogP contribution in [0.2, 0.25) is 0 Å². The van der Waals surface area contributed by atoms with Crippen molar-refractivity contribution in [2.24, 2.45) is 0 Å². The SMILES string of the molecule is Nc1nnc(S(=O)(=O)NC2COc3ccccc32)s1. The van der Waals surface area contributed by atoms with Gasteiger partial charge in [-0.1, -0.05) is 29.5 Å². The third-order valence-corrected chi connectivity index (χ3v) is 5.24. The van der Waals surface area contributed by atoms with E-state index in [-0.39, 0.29) is 16.1 Å². The molecule has 1 aromatic carbocycles. The summed E-state index contributed by atoms with van der Waals surface area (Å²) in [6.07, 6.45) is 0. The van der Waals surface area contributed by atoms with Gasteiger partial charge >= 0.3 is 0 Å². The van der Waals surface area contributed by atoms with Crippen LogP contribution in [-0.4, -0.2) is 25.2 Å². The summed E-state index contributed by atoms with van der Waals surface area (Å²) in [4.78, 5) is 0. The Morgan fingerprint density at radius 3 is 2.89 bits per heavy atom. The molecule has 1 aliphatic rings. The van der Waals surface area contributed by atoms with E-state index in [1.807, 2.05) is 18.2 Å². The van der Waals surface area contributed by atoms with Crippen LogP contribution in [0.15, 0.2) is 28.6 Å². The summed E-state index contributed by atoms with van der Waals surface area (Å²) in [5.74, 6) is 0.687. The van der Waals surface area contributed by atoms with Gasteiger partial charge in [0.05, 0.1) is 6.04 Å². The van der Waals surface area contributed by atoms with Gasteiger partial charge in [-0.05, 0) is 6.07 Å². The third kappa shape index (κ3) is 2.27. The molecule has 1 aliphatic heterocycles.